The largest absolute Gasteiger partial charge is 0.524 e. The SMILES string of the molecule is O=P(O)(O)Oc1ccccc1C=Cc1ccccc1. The molecule has 0 atom stereocenters. The van der Waals surface area contributed by atoms with Gasteiger partial charge in [-0.2, -0.15) is 0 Å². The molecule has 0 unspecified atom stereocenters. The van der Waals surface area contributed by atoms with Crippen molar-refractivity contribution in [1.82, 2.24) is 0 Å². The summed E-state index contributed by atoms with van der Waals surface area (Å²) in [6, 6.07) is 16.3. The normalized spacial score (nSPS) is 11.7. The lowest BCUT2D eigenvalue weighted by Crippen LogP contribution is -1.92. The van der Waals surface area contributed by atoms with Gasteiger partial charge >= 0.3 is 7.82 Å². The fourth-order valence-electron chi connectivity index (χ4n) is 1.58. The van der Waals surface area contributed by atoms with Gasteiger partial charge in [-0.15, -0.1) is 0 Å². The Labute approximate surface area is 111 Å². The summed E-state index contributed by atoms with van der Waals surface area (Å²) in [5.74, 6) is 0.156. The van der Waals surface area contributed by atoms with Gasteiger partial charge in [0, 0.05) is 5.56 Å². The Morgan fingerprint density at radius 1 is 0.895 bits per heavy atom. The predicted octanol–water partition coefficient (Wildman–Crippen LogP) is 3.33. The van der Waals surface area contributed by atoms with Gasteiger partial charge in [-0.05, 0) is 11.6 Å². The first-order valence-corrected chi connectivity index (χ1v) is 7.15. The van der Waals surface area contributed by atoms with Crippen molar-refractivity contribution in [1.29, 1.82) is 0 Å². The van der Waals surface area contributed by atoms with E-state index in [1.54, 1.807) is 24.3 Å². The molecule has 0 spiro atoms. The molecule has 0 aromatic heterocycles. The molecule has 0 bridgehead atoms. The van der Waals surface area contributed by atoms with Crippen LogP contribution < -0.4 is 4.52 Å². The Bertz CT molecular complexity index is 616. The van der Waals surface area contributed by atoms with Gasteiger partial charge in [0.05, 0.1) is 0 Å². The molecule has 19 heavy (non-hydrogen) atoms. The Balaban J connectivity index is 2.26. The Hall–Kier alpha value is -1.87. The van der Waals surface area contributed by atoms with Gasteiger partial charge in [0.15, 0.2) is 0 Å². The van der Waals surface area contributed by atoms with Crippen molar-refractivity contribution in [3.05, 3.63) is 65.7 Å². The van der Waals surface area contributed by atoms with Gasteiger partial charge in [0.2, 0.25) is 0 Å². The van der Waals surface area contributed by atoms with Crippen LogP contribution in [0.25, 0.3) is 12.2 Å². The summed E-state index contributed by atoms with van der Waals surface area (Å²) in [4.78, 5) is 17.7. The molecule has 0 aliphatic heterocycles. The third-order valence-electron chi connectivity index (χ3n) is 2.39. The number of phosphoric acid groups is 1. The molecular formula is C14H13O4P. The van der Waals surface area contributed by atoms with E-state index in [0.29, 0.717) is 5.56 Å². The Morgan fingerprint density at radius 3 is 2.21 bits per heavy atom. The number of para-hydroxylation sites is 1. The van der Waals surface area contributed by atoms with E-state index in [-0.39, 0.29) is 5.75 Å². The maximum atomic E-state index is 10.9. The molecule has 0 amide bonds. The number of phosphoric ester groups is 1. The fourth-order valence-corrected chi connectivity index (χ4v) is 2.00. The fraction of sp³-hybridized carbons (Fsp3) is 0. The zero-order valence-corrected chi connectivity index (χ0v) is 10.9. The highest BCUT2D eigenvalue weighted by Gasteiger charge is 2.17. The quantitative estimate of drug-likeness (QED) is 0.664. The zero-order valence-electron chi connectivity index (χ0n) is 10.0. The van der Waals surface area contributed by atoms with Crippen LogP contribution in [-0.4, -0.2) is 9.79 Å². The maximum Gasteiger partial charge on any atom is 0.524 e. The second kappa shape index (κ2) is 5.85. The molecule has 0 saturated heterocycles. The van der Waals surface area contributed by atoms with Crippen LogP contribution in [0.4, 0.5) is 0 Å². The van der Waals surface area contributed by atoms with Crippen LogP contribution in [0.1, 0.15) is 11.1 Å². The summed E-state index contributed by atoms with van der Waals surface area (Å²) >= 11 is 0. The summed E-state index contributed by atoms with van der Waals surface area (Å²) in [6.07, 6.45) is 3.60. The highest BCUT2D eigenvalue weighted by atomic mass is 31.2. The van der Waals surface area contributed by atoms with Crippen molar-refractivity contribution in [2.24, 2.45) is 0 Å². The first-order valence-electron chi connectivity index (χ1n) is 5.62. The lowest BCUT2D eigenvalue weighted by Gasteiger charge is -2.09. The van der Waals surface area contributed by atoms with Gasteiger partial charge in [-0.1, -0.05) is 60.7 Å². The minimum Gasteiger partial charge on any atom is -0.404 e. The average molecular weight is 276 g/mol. The molecule has 0 saturated carbocycles. The van der Waals surface area contributed by atoms with E-state index in [4.69, 9.17) is 9.79 Å². The van der Waals surface area contributed by atoms with E-state index in [2.05, 4.69) is 4.52 Å². The summed E-state index contributed by atoms with van der Waals surface area (Å²) in [5.41, 5.74) is 1.60. The average Bonchev–Trinajstić information content (AvgIpc) is 2.37. The van der Waals surface area contributed by atoms with E-state index < -0.39 is 7.82 Å². The number of benzene rings is 2. The number of hydrogen-bond donors (Lipinski definition) is 2. The van der Waals surface area contributed by atoms with Gasteiger partial charge in [-0.25, -0.2) is 4.57 Å². The molecule has 0 radical (unpaired) electrons. The monoisotopic (exact) mass is 276 g/mol. The van der Waals surface area contributed by atoms with Gasteiger partial charge in [-0.3, -0.25) is 9.79 Å². The summed E-state index contributed by atoms with van der Waals surface area (Å²) in [5, 5.41) is 0. The molecule has 98 valence electrons. The lowest BCUT2D eigenvalue weighted by atomic mass is 10.1. The van der Waals surface area contributed by atoms with E-state index in [0.717, 1.165) is 5.56 Å². The van der Waals surface area contributed by atoms with Crippen molar-refractivity contribution in [2.75, 3.05) is 0 Å². The smallest absolute Gasteiger partial charge is 0.404 e. The third kappa shape index (κ3) is 4.38. The predicted molar refractivity (Wildman–Crippen MR) is 74.5 cm³/mol. The van der Waals surface area contributed by atoms with Crippen molar-refractivity contribution >= 4 is 20.0 Å². The molecule has 0 heterocycles. The summed E-state index contributed by atoms with van der Waals surface area (Å²) in [6.45, 7) is 0. The zero-order chi connectivity index (χ0) is 13.7. The molecule has 0 fully saturated rings. The lowest BCUT2D eigenvalue weighted by molar-refractivity contribution is 0.283. The molecule has 2 N–H and O–H groups in total. The second-order valence-corrected chi connectivity index (χ2v) is 5.03. The molecule has 0 aliphatic carbocycles. The number of hydrogen-bond acceptors (Lipinski definition) is 2. The van der Waals surface area contributed by atoms with Crippen LogP contribution in [-0.2, 0) is 4.57 Å². The molecule has 0 aliphatic rings. The topological polar surface area (TPSA) is 66.8 Å². The van der Waals surface area contributed by atoms with Crippen LogP contribution >= 0.6 is 7.82 Å². The van der Waals surface area contributed by atoms with E-state index in [1.165, 1.54) is 6.07 Å². The van der Waals surface area contributed by atoms with Crippen molar-refractivity contribution in [3.63, 3.8) is 0 Å². The van der Waals surface area contributed by atoms with Crippen LogP contribution in [0.3, 0.4) is 0 Å². The summed E-state index contributed by atoms with van der Waals surface area (Å²) < 4.78 is 15.5. The van der Waals surface area contributed by atoms with E-state index >= 15 is 0 Å². The first kappa shape index (κ1) is 13.6. The molecule has 5 heteroatoms. The third-order valence-corrected chi connectivity index (χ3v) is 2.83. The summed E-state index contributed by atoms with van der Waals surface area (Å²) in [7, 11) is -4.54. The minimum atomic E-state index is -4.54. The second-order valence-electron chi connectivity index (χ2n) is 3.86. The number of rotatable bonds is 4. The molecule has 4 nitrogen and oxygen atoms in total. The Morgan fingerprint density at radius 2 is 1.53 bits per heavy atom. The minimum absolute atomic E-state index is 0.156. The van der Waals surface area contributed by atoms with Crippen LogP contribution in [0, 0.1) is 0 Å². The van der Waals surface area contributed by atoms with Crippen molar-refractivity contribution in [3.8, 4) is 5.75 Å². The van der Waals surface area contributed by atoms with Gasteiger partial charge in [0.1, 0.15) is 5.75 Å². The van der Waals surface area contributed by atoms with Crippen LogP contribution in [0.5, 0.6) is 5.75 Å². The van der Waals surface area contributed by atoms with Crippen LogP contribution in [0.15, 0.2) is 54.6 Å². The van der Waals surface area contributed by atoms with E-state index in [1.807, 2.05) is 36.4 Å². The molecule has 2 rings (SSSR count). The van der Waals surface area contributed by atoms with Crippen molar-refractivity contribution < 1.29 is 18.9 Å². The highest BCUT2D eigenvalue weighted by molar-refractivity contribution is 7.46. The standard InChI is InChI=1S/C14H13O4P/c15-19(16,17)18-14-9-5-4-8-13(14)11-10-12-6-2-1-3-7-12/h1-11H,(H2,15,16,17). The van der Waals surface area contributed by atoms with Gasteiger partial charge in [0.25, 0.3) is 0 Å². The van der Waals surface area contributed by atoms with E-state index in [9.17, 15) is 4.57 Å². The Kier molecular flexibility index (Phi) is 4.17. The van der Waals surface area contributed by atoms with Crippen molar-refractivity contribution in [2.45, 2.75) is 0 Å². The maximum absolute atomic E-state index is 10.9. The molecule has 2 aromatic carbocycles. The van der Waals surface area contributed by atoms with Gasteiger partial charge < -0.3 is 4.52 Å². The molecule has 2 aromatic rings. The molecular weight excluding hydrogens is 263 g/mol. The van der Waals surface area contributed by atoms with Crippen LogP contribution in [0.2, 0.25) is 0 Å². The first-order chi connectivity index (χ1) is 9.04. The highest BCUT2D eigenvalue weighted by Crippen LogP contribution is 2.39.